The van der Waals surface area contributed by atoms with Gasteiger partial charge < -0.3 is 19.2 Å². The van der Waals surface area contributed by atoms with Gasteiger partial charge in [-0.2, -0.15) is 0 Å². The van der Waals surface area contributed by atoms with Crippen LogP contribution in [0.2, 0.25) is 0 Å². The van der Waals surface area contributed by atoms with Crippen molar-refractivity contribution in [1.29, 1.82) is 0 Å². The number of benzene rings is 2. The van der Waals surface area contributed by atoms with Crippen LogP contribution in [-0.2, 0) is 0 Å². The summed E-state index contributed by atoms with van der Waals surface area (Å²) in [6, 6.07) is 17.5. The van der Waals surface area contributed by atoms with E-state index in [1.807, 2.05) is 6.07 Å². The summed E-state index contributed by atoms with van der Waals surface area (Å²) in [5, 5.41) is 2.82. The van der Waals surface area contributed by atoms with Gasteiger partial charge in [0.1, 0.15) is 23.9 Å². The van der Waals surface area contributed by atoms with Crippen LogP contribution in [0.5, 0.6) is 11.5 Å². The summed E-state index contributed by atoms with van der Waals surface area (Å²) >= 11 is 0. The average Bonchev–Trinajstić information content (AvgIpc) is 3.20. The second kappa shape index (κ2) is 8.71. The summed E-state index contributed by atoms with van der Waals surface area (Å²) < 4.78 is 16.1. The molecule has 1 amide bonds. The summed E-state index contributed by atoms with van der Waals surface area (Å²) in [6.45, 7) is 0.674. The van der Waals surface area contributed by atoms with E-state index in [1.165, 1.54) is 0 Å². The highest BCUT2D eigenvalue weighted by Gasteiger charge is 2.14. The number of carbonyl (C=O) groups excluding carboxylic acids is 2. The third-order valence-corrected chi connectivity index (χ3v) is 3.90. The van der Waals surface area contributed by atoms with Crippen molar-refractivity contribution in [3.05, 3.63) is 72.0 Å². The van der Waals surface area contributed by atoms with Gasteiger partial charge in [0.15, 0.2) is 12.0 Å². The van der Waals surface area contributed by atoms with Gasteiger partial charge >= 0.3 is 0 Å². The minimum absolute atomic E-state index is 0.216. The van der Waals surface area contributed by atoms with E-state index >= 15 is 0 Å². The van der Waals surface area contributed by atoms with Crippen LogP contribution in [0.15, 0.2) is 65.1 Å². The van der Waals surface area contributed by atoms with Crippen molar-refractivity contribution in [2.24, 2.45) is 0 Å². The number of nitrogens with one attached hydrogen (secondary N) is 1. The average molecular weight is 365 g/mol. The molecule has 1 aromatic heterocycles. The molecule has 1 heterocycles. The number of ether oxygens (including phenoxy) is 2. The number of carbonyl (C=O) groups is 2. The molecule has 0 spiro atoms. The van der Waals surface area contributed by atoms with Gasteiger partial charge in [-0.05, 0) is 42.5 Å². The van der Waals surface area contributed by atoms with Crippen molar-refractivity contribution in [3.63, 3.8) is 0 Å². The van der Waals surface area contributed by atoms with Gasteiger partial charge in [-0.15, -0.1) is 0 Å². The third kappa shape index (κ3) is 4.55. The zero-order valence-electron chi connectivity index (χ0n) is 14.8. The van der Waals surface area contributed by atoms with Crippen LogP contribution < -0.4 is 14.8 Å². The van der Waals surface area contributed by atoms with E-state index < -0.39 is 0 Å². The van der Waals surface area contributed by atoms with Gasteiger partial charge in [-0.3, -0.25) is 9.59 Å². The normalized spacial score (nSPS) is 10.3. The number of amides is 1. The highest BCUT2D eigenvalue weighted by molar-refractivity contribution is 6.00. The quantitative estimate of drug-likeness (QED) is 0.488. The van der Waals surface area contributed by atoms with Crippen LogP contribution in [0.1, 0.15) is 20.9 Å². The summed E-state index contributed by atoms with van der Waals surface area (Å²) in [5.41, 5.74) is 1.09. The van der Waals surface area contributed by atoms with Gasteiger partial charge in [-0.1, -0.05) is 18.2 Å². The van der Waals surface area contributed by atoms with E-state index in [-0.39, 0.29) is 11.7 Å². The molecule has 0 aliphatic rings. The zero-order valence-corrected chi connectivity index (χ0v) is 14.8. The third-order valence-electron chi connectivity index (χ3n) is 3.90. The molecule has 0 aliphatic heterocycles. The molecule has 3 aromatic rings. The van der Waals surface area contributed by atoms with Crippen molar-refractivity contribution in [2.45, 2.75) is 0 Å². The Morgan fingerprint density at radius 3 is 2.48 bits per heavy atom. The predicted octanol–water partition coefficient (Wildman–Crippen LogP) is 3.58. The van der Waals surface area contributed by atoms with Crippen LogP contribution in [-0.4, -0.2) is 32.5 Å². The van der Waals surface area contributed by atoms with Crippen LogP contribution in [0.3, 0.4) is 0 Å². The van der Waals surface area contributed by atoms with E-state index in [1.54, 1.807) is 61.7 Å². The van der Waals surface area contributed by atoms with Crippen molar-refractivity contribution in [3.8, 4) is 22.8 Å². The summed E-state index contributed by atoms with van der Waals surface area (Å²) in [7, 11) is 1.60. The number of rotatable bonds is 8. The van der Waals surface area contributed by atoms with Crippen LogP contribution >= 0.6 is 0 Å². The fourth-order valence-electron chi connectivity index (χ4n) is 2.56. The molecule has 0 saturated carbocycles. The molecule has 6 heteroatoms. The highest BCUT2D eigenvalue weighted by Crippen LogP contribution is 2.25. The topological polar surface area (TPSA) is 77.8 Å². The lowest BCUT2D eigenvalue weighted by atomic mass is 10.0. The first kappa shape index (κ1) is 18.3. The Hall–Kier alpha value is -3.54. The molecule has 6 nitrogen and oxygen atoms in total. The maximum atomic E-state index is 12.5. The zero-order chi connectivity index (χ0) is 19.1. The fraction of sp³-hybridized carbons (Fsp3) is 0.143. The molecule has 0 aliphatic carbocycles. The SMILES string of the molecule is COc1ccc(OCCNC(=O)c2ccccc2-c2ccc(C=O)o2)cc1. The van der Waals surface area contributed by atoms with E-state index in [9.17, 15) is 9.59 Å². The summed E-state index contributed by atoms with van der Waals surface area (Å²) in [5.74, 6) is 1.89. The number of aldehydes is 1. The molecular weight excluding hydrogens is 346 g/mol. The molecule has 0 fully saturated rings. The largest absolute Gasteiger partial charge is 0.497 e. The summed E-state index contributed by atoms with van der Waals surface area (Å²) in [6.07, 6.45) is 0.628. The van der Waals surface area contributed by atoms with Gasteiger partial charge in [0.2, 0.25) is 0 Å². The van der Waals surface area contributed by atoms with Crippen molar-refractivity contribution < 1.29 is 23.5 Å². The fourth-order valence-corrected chi connectivity index (χ4v) is 2.56. The van der Waals surface area contributed by atoms with Gasteiger partial charge in [0, 0.05) is 5.56 Å². The lowest BCUT2D eigenvalue weighted by molar-refractivity contribution is 0.0947. The Kier molecular flexibility index (Phi) is 5.89. The smallest absolute Gasteiger partial charge is 0.252 e. The second-order valence-electron chi connectivity index (χ2n) is 5.65. The first-order valence-corrected chi connectivity index (χ1v) is 8.40. The van der Waals surface area contributed by atoms with E-state index in [0.29, 0.717) is 42.1 Å². The van der Waals surface area contributed by atoms with E-state index in [4.69, 9.17) is 13.9 Å². The Balaban J connectivity index is 1.58. The predicted molar refractivity (Wildman–Crippen MR) is 100 cm³/mol. The molecule has 138 valence electrons. The Morgan fingerprint density at radius 1 is 1.04 bits per heavy atom. The minimum Gasteiger partial charge on any atom is -0.497 e. The standard InChI is InChI=1S/C21H19NO5/c1-25-15-6-8-16(9-7-15)26-13-12-22-21(24)19-5-3-2-4-18(19)20-11-10-17(14-23)27-20/h2-11,14H,12-13H2,1H3,(H,22,24). The molecular formula is C21H19NO5. The van der Waals surface area contributed by atoms with E-state index in [2.05, 4.69) is 5.32 Å². The maximum absolute atomic E-state index is 12.5. The lowest BCUT2D eigenvalue weighted by Crippen LogP contribution is -2.28. The highest BCUT2D eigenvalue weighted by atomic mass is 16.5. The second-order valence-corrected chi connectivity index (χ2v) is 5.65. The van der Waals surface area contributed by atoms with Gasteiger partial charge in [0.25, 0.3) is 5.91 Å². The van der Waals surface area contributed by atoms with Crippen molar-refractivity contribution in [1.82, 2.24) is 5.32 Å². The number of hydrogen-bond acceptors (Lipinski definition) is 5. The van der Waals surface area contributed by atoms with Crippen LogP contribution in [0, 0.1) is 0 Å². The Labute approximate surface area is 156 Å². The molecule has 1 N–H and O–H groups in total. The van der Waals surface area contributed by atoms with Crippen molar-refractivity contribution >= 4 is 12.2 Å². The van der Waals surface area contributed by atoms with E-state index in [0.717, 1.165) is 5.75 Å². The summed E-state index contributed by atoms with van der Waals surface area (Å²) in [4.78, 5) is 23.3. The van der Waals surface area contributed by atoms with Gasteiger partial charge in [0.05, 0.1) is 19.2 Å². The maximum Gasteiger partial charge on any atom is 0.252 e. The van der Waals surface area contributed by atoms with Crippen molar-refractivity contribution in [2.75, 3.05) is 20.3 Å². The minimum atomic E-state index is -0.243. The molecule has 2 aromatic carbocycles. The first-order chi connectivity index (χ1) is 13.2. The molecule has 0 atom stereocenters. The molecule has 0 bridgehead atoms. The number of furan rings is 1. The molecule has 0 saturated heterocycles. The molecule has 0 radical (unpaired) electrons. The Bertz CT molecular complexity index is 914. The lowest BCUT2D eigenvalue weighted by Gasteiger charge is -2.10. The van der Waals surface area contributed by atoms with Gasteiger partial charge in [-0.25, -0.2) is 0 Å². The molecule has 3 rings (SSSR count). The van der Waals surface area contributed by atoms with Crippen LogP contribution in [0.25, 0.3) is 11.3 Å². The first-order valence-electron chi connectivity index (χ1n) is 8.40. The molecule has 27 heavy (non-hydrogen) atoms. The monoisotopic (exact) mass is 365 g/mol. The number of methoxy groups -OCH3 is 1. The van der Waals surface area contributed by atoms with Crippen LogP contribution in [0.4, 0.5) is 0 Å². The number of hydrogen-bond donors (Lipinski definition) is 1. The Morgan fingerprint density at radius 2 is 1.78 bits per heavy atom. The molecule has 0 unspecified atom stereocenters.